The van der Waals surface area contributed by atoms with Gasteiger partial charge in [0.25, 0.3) is 5.89 Å². The number of rotatable bonds is 6. The average Bonchev–Trinajstić information content (AvgIpc) is 3.61. The molecule has 2 aliphatic heterocycles. The van der Waals surface area contributed by atoms with Crippen LogP contribution in [0, 0.1) is 18.8 Å². The van der Waals surface area contributed by atoms with Crippen LogP contribution >= 0.6 is 0 Å². The molecular formula is C30H34F2N6O4. The summed E-state index contributed by atoms with van der Waals surface area (Å²) in [6.45, 7) is 2.65. The number of nitrogens with one attached hydrogen (secondary N) is 3. The van der Waals surface area contributed by atoms with Crippen LogP contribution < -0.4 is 16.0 Å². The first kappa shape index (κ1) is 28.1. The van der Waals surface area contributed by atoms with E-state index in [-0.39, 0.29) is 30.3 Å². The molecule has 1 aliphatic carbocycles. The zero-order valence-electron chi connectivity index (χ0n) is 23.5. The van der Waals surface area contributed by atoms with Crippen LogP contribution in [-0.2, 0) is 9.53 Å². The molecule has 1 saturated carbocycles. The summed E-state index contributed by atoms with van der Waals surface area (Å²) in [4.78, 5) is 33.0. The number of alkyl halides is 2. The van der Waals surface area contributed by atoms with Crippen molar-refractivity contribution in [3.05, 3.63) is 59.9 Å². The molecule has 2 aromatic carbocycles. The minimum absolute atomic E-state index is 0.00133. The zero-order valence-corrected chi connectivity index (χ0v) is 23.5. The smallest absolute Gasteiger partial charge is 0.319 e. The average molecular weight is 581 g/mol. The maximum atomic E-state index is 14.7. The lowest BCUT2D eigenvalue weighted by Gasteiger charge is -2.42. The number of nitrogens with zero attached hydrogens (tertiary/aromatic N) is 3. The monoisotopic (exact) mass is 580 g/mol. The van der Waals surface area contributed by atoms with Crippen molar-refractivity contribution in [1.29, 1.82) is 0 Å². The molecule has 222 valence electrons. The molecule has 3 heterocycles. The lowest BCUT2D eigenvalue weighted by Crippen LogP contribution is -2.54. The van der Waals surface area contributed by atoms with Crippen molar-refractivity contribution >= 4 is 23.3 Å². The summed E-state index contributed by atoms with van der Waals surface area (Å²) >= 11 is 0. The van der Waals surface area contributed by atoms with Gasteiger partial charge in [-0.05, 0) is 55.7 Å². The van der Waals surface area contributed by atoms with E-state index in [1.165, 1.54) is 0 Å². The van der Waals surface area contributed by atoms with Crippen LogP contribution in [0.3, 0.4) is 0 Å². The first-order valence-electron chi connectivity index (χ1n) is 14.2. The Bertz CT molecular complexity index is 1450. The Morgan fingerprint density at radius 3 is 2.69 bits per heavy atom. The van der Waals surface area contributed by atoms with Crippen LogP contribution in [0.15, 0.2) is 53.1 Å². The van der Waals surface area contributed by atoms with E-state index in [9.17, 15) is 18.4 Å². The number of amides is 3. The minimum atomic E-state index is -2.98. The molecule has 1 saturated heterocycles. The Morgan fingerprint density at radius 2 is 1.95 bits per heavy atom. The van der Waals surface area contributed by atoms with Crippen LogP contribution in [-0.4, -0.2) is 65.2 Å². The number of carbonyl (C=O) groups excluding carboxylic acids is 2. The molecule has 0 spiro atoms. The van der Waals surface area contributed by atoms with Crippen molar-refractivity contribution in [2.45, 2.75) is 56.7 Å². The van der Waals surface area contributed by atoms with Gasteiger partial charge in [0, 0.05) is 55.4 Å². The Kier molecular flexibility index (Phi) is 7.56. The van der Waals surface area contributed by atoms with E-state index in [0.29, 0.717) is 36.1 Å². The van der Waals surface area contributed by atoms with Crippen molar-refractivity contribution < 1.29 is 27.6 Å². The third kappa shape index (κ3) is 5.55. The van der Waals surface area contributed by atoms with Gasteiger partial charge in [-0.3, -0.25) is 4.79 Å². The number of hydrogen-bond acceptors (Lipinski definition) is 7. The molecule has 6 rings (SSSR count). The van der Waals surface area contributed by atoms with Crippen molar-refractivity contribution in [3.63, 3.8) is 0 Å². The highest BCUT2D eigenvalue weighted by Gasteiger charge is 2.51. The van der Waals surface area contributed by atoms with Gasteiger partial charge in [0.1, 0.15) is 0 Å². The highest BCUT2D eigenvalue weighted by molar-refractivity contribution is 5.90. The molecule has 3 amide bonds. The zero-order chi connectivity index (χ0) is 29.4. The number of aromatic nitrogens is 2. The number of benzene rings is 2. The Labute approximate surface area is 242 Å². The van der Waals surface area contributed by atoms with E-state index >= 15 is 0 Å². The van der Waals surface area contributed by atoms with Crippen molar-refractivity contribution in [2.75, 3.05) is 30.9 Å². The highest BCUT2D eigenvalue weighted by Crippen LogP contribution is 2.48. The normalized spacial score (nSPS) is 26.1. The van der Waals surface area contributed by atoms with E-state index in [2.05, 4.69) is 26.1 Å². The number of carbonyl (C=O) groups is 2. The molecule has 0 radical (unpaired) electrons. The molecule has 0 bridgehead atoms. The van der Waals surface area contributed by atoms with Crippen LogP contribution in [0.5, 0.6) is 0 Å². The number of ether oxygens (including phenoxy) is 1. The summed E-state index contributed by atoms with van der Waals surface area (Å²) in [6.07, 6.45) is -0.273. The Hall–Kier alpha value is -4.06. The van der Waals surface area contributed by atoms with Gasteiger partial charge in [0.15, 0.2) is 5.82 Å². The number of aryl methyl sites for hydroxylation is 1. The van der Waals surface area contributed by atoms with Gasteiger partial charge in [0.05, 0.1) is 24.6 Å². The van der Waals surface area contributed by atoms with E-state index in [0.717, 1.165) is 17.7 Å². The van der Waals surface area contributed by atoms with Crippen LogP contribution in [0.25, 0.3) is 11.5 Å². The number of halogens is 2. The molecule has 10 nitrogen and oxygen atoms in total. The van der Waals surface area contributed by atoms with E-state index < -0.39 is 36.8 Å². The fourth-order valence-corrected chi connectivity index (χ4v) is 6.65. The molecule has 3 aromatic rings. The largest absolute Gasteiger partial charge is 0.383 e. The number of para-hydroxylation sites is 1. The summed E-state index contributed by atoms with van der Waals surface area (Å²) in [7, 11) is 1.64. The van der Waals surface area contributed by atoms with Crippen molar-refractivity contribution in [1.82, 2.24) is 20.4 Å². The molecule has 0 unspecified atom stereocenters. The number of urea groups is 1. The summed E-state index contributed by atoms with van der Waals surface area (Å²) in [5.74, 6) is -3.42. The number of methoxy groups -OCH3 is 1. The van der Waals surface area contributed by atoms with Crippen LogP contribution in [0.4, 0.5) is 25.0 Å². The first-order valence-corrected chi connectivity index (χ1v) is 14.2. The van der Waals surface area contributed by atoms with Gasteiger partial charge in [-0.15, -0.1) is 0 Å². The summed E-state index contributed by atoms with van der Waals surface area (Å²) in [6, 6.07) is 13.1. The van der Waals surface area contributed by atoms with Gasteiger partial charge in [-0.2, -0.15) is 4.98 Å². The Balaban J connectivity index is 1.18. The lowest BCUT2D eigenvalue weighted by molar-refractivity contribution is -0.146. The van der Waals surface area contributed by atoms with Gasteiger partial charge >= 0.3 is 6.03 Å². The topological polar surface area (TPSA) is 122 Å². The number of likely N-dealkylation sites (tertiary alicyclic amines) is 1. The van der Waals surface area contributed by atoms with E-state index in [1.54, 1.807) is 43.2 Å². The Morgan fingerprint density at radius 1 is 1.17 bits per heavy atom. The standard InChI is InChI=1S/C30H34F2N6O4/c1-17-33-27(42-37-17)18-7-9-19(10-8-18)34-29(40)36-24-11-13-30(31,32)15-22(24)28(39)38-14-12-21-25(16-41-2)35-23-6-4-3-5-20(23)26(21)38/h3-10,21-22,24-26,35H,11-16H2,1-2H3,(H2,34,36,40)/t21-,22+,24-,25+,26+/m1/s1. The van der Waals surface area contributed by atoms with E-state index in [1.807, 2.05) is 24.3 Å². The summed E-state index contributed by atoms with van der Waals surface area (Å²) in [5.41, 5.74) is 3.08. The fourth-order valence-electron chi connectivity index (χ4n) is 6.65. The second-order valence-electron chi connectivity index (χ2n) is 11.4. The van der Waals surface area contributed by atoms with Crippen LogP contribution in [0.1, 0.15) is 43.1 Å². The molecule has 3 aliphatic rings. The maximum Gasteiger partial charge on any atom is 0.319 e. The molecule has 42 heavy (non-hydrogen) atoms. The highest BCUT2D eigenvalue weighted by atomic mass is 19.3. The SMILES string of the molecule is COC[C@@H]1Nc2ccccc2[C@H]2[C@@H]1CCN2C(=O)[C@H]1CC(F)(F)CC[C@H]1NC(=O)Nc1ccc(-c2nc(C)no2)cc1. The first-order chi connectivity index (χ1) is 20.2. The van der Waals surface area contributed by atoms with Gasteiger partial charge in [-0.25, -0.2) is 13.6 Å². The van der Waals surface area contributed by atoms with Gasteiger partial charge in [0.2, 0.25) is 11.8 Å². The summed E-state index contributed by atoms with van der Waals surface area (Å²) in [5, 5.41) is 12.9. The van der Waals surface area contributed by atoms with Crippen molar-refractivity contribution in [2.24, 2.45) is 11.8 Å². The number of anilines is 2. The molecule has 5 atom stereocenters. The van der Waals surface area contributed by atoms with Crippen LogP contribution in [0.2, 0.25) is 0 Å². The minimum Gasteiger partial charge on any atom is -0.383 e. The quantitative estimate of drug-likeness (QED) is 0.375. The lowest BCUT2D eigenvalue weighted by atomic mass is 9.80. The number of fused-ring (bicyclic) bond motifs is 3. The van der Waals surface area contributed by atoms with E-state index in [4.69, 9.17) is 9.26 Å². The second-order valence-corrected chi connectivity index (χ2v) is 11.4. The predicted octanol–water partition coefficient (Wildman–Crippen LogP) is 5.00. The van der Waals surface area contributed by atoms with Crippen molar-refractivity contribution in [3.8, 4) is 11.5 Å². The van der Waals surface area contributed by atoms with Gasteiger partial charge in [-0.1, -0.05) is 23.4 Å². The molecule has 3 N–H and O–H groups in total. The maximum absolute atomic E-state index is 14.7. The molecule has 1 aromatic heterocycles. The molecule has 12 heteroatoms. The fraction of sp³-hybridized carbons (Fsp3) is 0.467. The predicted molar refractivity (Wildman–Crippen MR) is 151 cm³/mol. The third-order valence-corrected chi connectivity index (χ3v) is 8.59. The third-order valence-electron chi connectivity index (χ3n) is 8.59. The number of hydrogen-bond donors (Lipinski definition) is 3. The molecule has 2 fully saturated rings. The second kappa shape index (κ2) is 11.3. The summed E-state index contributed by atoms with van der Waals surface area (Å²) < 4.78 is 40.1. The molecular weight excluding hydrogens is 546 g/mol. The van der Waals surface area contributed by atoms with Gasteiger partial charge < -0.3 is 30.1 Å².